The highest BCUT2D eigenvalue weighted by molar-refractivity contribution is 5.77. The molecular weight excluding hydrogens is 354 g/mol. The van der Waals surface area contributed by atoms with Crippen molar-refractivity contribution in [3.05, 3.63) is 57.6 Å². The number of hydrogen-bond acceptors (Lipinski definition) is 7. The molecule has 0 fully saturated rings. The second-order valence-electron chi connectivity index (χ2n) is 5.70. The highest BCUT2D eigenvalue weighted by atomic mass is 16.6. The van der Waals surface area contributed by atoms with E-state index in [0.29, 0.717) is 17.1 Å². The molecule has 2 aromatic rings. The Bertz CT molecular complexity index is 818. The highest BCUT2D eigenvalue weighted by Crippen LogP contribution is 2.35. The van der Waals surface area contributed by atoms with Crippen LogP contribution in [-0.2, 0) is 16.1 Å². The number of rotatable bonds is 8. The van der Waals surface area contributed by atoms with E-state index in [1.165, 1.54) is 33.5 Å². The van der Waals surface area contributed by atoms with E-state index in [1.807, 2.05) is 0 Å². The first-order valence-corrected chi connectivity index (χ1v) is 8.11. The maximum absolute atomic E-state index is 11.6. The molecule has 0 N–H and O–H groups in total. The van der Waals surface area contributed by atoms with Crippen LogP contribution >= 0.6 is 0 Å². The van der Waals surface area contributed by atoms with E-state index < -0.39 is 10.8 Å². The van der Waals surface area contributed by atoms with Gasteiger partial charge in [0.2, 0.25) is 0 Å². The van der Waals surface area contributed by atoms with Gasteiger partial charge in [0.05, 0.1) is 43.8 Å². The zero-order valence-electron chi connectivity index (χ0n) is 15.6. The minimum atomic E-state index is -0.498. The van der Waals surface area contributed by atoms with Crippen LogP contribution in [0.15, 0.2) is 36.4 Å². The summed E-state index contributed by atoms with van der Waals surface area (Å²) in [7, 11) is 4.20. The van der Waals surface area contributed by atoms with Gasteiger partial charge in [-0.05, 0) is 30.7 Å². The second-order valence-corrected chi connectivity index (χ2v) is 5.70. The van der Waals surface area contributed by atoms with Crippen molar-refractivity contribution in [2.45, 2.75) is 19.4 Å². The second kappa shape index (κ2) is 8.88. The number of nitrogens with zero attached hydrogens (tertiary/aromatic N) is 1. The zero-order valence-corrected chi connectivity index (χ0v) is 15.6. The summed E-state index contributed by atoms with van der Waals surface area (Å²) in [5.74, 6) is 0.443. The average Bonchev–Trinajstić information content (AvgIpc) is 2.70. The summed E-state index contributed by atoms with van der Waals surface area (Å²) in [4.78, 5) is 22.4. The van der Waals surface area contributed by atoms with Crippen molar-refractivity contribution < 1.29 is 28.7 Å². The van der Waals surface area contributed by atoms with Crippen LogP contribution in [0.5, 0.6) is 17.2 Å². The molecule has 8 heteroatoms. The molecule has 0 amide bonds. The topological polar surface area (TPSA) is 97.1 Å². The number of carbonyl (C=O) groups excluding carboxylic acids is 1. The third-order valence-corrected chi connectivity index (χ3v) is 4.11. The van der Waals surface area contributed by atoms with E-state index in [0.717, 1.165) is 5.56 Å². The molecule has 1 unspecified atom stereocenters. The fraction of sp³-hybridized carbons (Fsp3) is 0.316. The molecule has 144 valence electrons. The average molecular weight is 375 g/mol. The molecule has 0 saturated carbocycles. The largest absolute Gasteiger partial charge is 0.493 e. The lowest BCUT2D eigenvalue weighted by Gasteiger charge is -2.13. The Morgan fingerprint density at radius 2 is 1.67 bits per heavy atom. The van der Waals surface area contributed by atoms with Crippen molar-refractivity contribution in [2.24, 2.45) is 0 Å². The van der Waals surface area contributed by atoms with E-state index in [9.17, 15) is 14.9 Å². The van der Waals surface area contributed by atoms with Gasteiger partial charge in [-0.3, -0.25) is 14.9 Å². The lowest BCUT2D eigenvalue weighted by molar-refractivity contribution is -0.385. The lowest BCUT2D eigenvalue weighted by atomic mass is 10.0. The summed E-state index contributed by atoms with van der Waals surface area (Å²) in [6.45, 7) is 1.72. The van der Waals surface area contributed by atoms with Gasteiger partial charge < -0.3 is 18.9 Å². The fourth-order valence-corrected chi connectivity index (χ4v) is 2.52. The van der Waals surface area contributed by atoms with E-state index in [1.54, 1.807) is 31.2 Å². The molecule has 8 nitrogen and oxygen atoms in total. The Kier molecular flexibility index (Phi) is 6.59. The standard InChI is InChI=1S/C19H21NO7/c1-12(19(21)26-4)13-5-7-15(8-6-13)27-11-14-9-17(24-2)18(25-3)10-16(14)20(22)23/h5-10,12H,11H2,1-4H3. The summed E-state index contributed by atoms with van der Waals surface area (Å²) < 4.78 is 20.7. The van der Waals surface area contributed by atoms with Crippen LogP contribution in [0.25, 0.3) is 0 Å². The van der Waals surface area contributed by atoms with Gasteiger partial charge in [0.15, 0.2) is 11.5 Å². The molecular formula is C19H21NO7. The van der Waals surface area contributed by atoms with Crippen LogP contribution in [0.4, 0.5) is 5.69 Å². The van der Waals surface area contributed by atoms with Crippen LogP contribution in [0.1, 0.15) is 24.0 Å². The van der Waals surface area contributed by atoms with Gasteiger partial charge in [0, 0.05) is 0 Å². The predicted molar refractivity (Wildman–Crippen MR) is 97.4 cm³/mol. The van der Waals surface area contributed by atoms with Gasteiger partial charge in [-0.1, -0.05) is 12.1 Å². The van der Waals surface area contributed by atoms with Crippen molar-refractivity contribution in [1.29, 1.82) is 0 Å². The SMILES string of the molecule is COC(=O)C(C)c1ccc(OCc2cc(OC)c(OC)cc2[N+](=O)[O-])cc1. The normalized spacial score (nSPS) is 11.4. The summed E-state index contributed by atoms with van der Waals surface area (Å²) in [5.41, 5.74) is 1.01. The molecule has 0 heterocycles. The number of carbonyl (C=O) groups is 1. The predicted octanol–water partition coefficient (Wildman–Crippen LogP) is 3.47. The summed E-state index contributed by atoms with van der Waals surface area (Å²) >= 11 is 0. The quantitative estimate of drug-likeness (QED) is 0.396. The lowest BCUT2D eigenvalue weighted by Crippen LogP contribution is -2.10. The number of esters is 1. The van der Waals surface area contributed by atoms with Gasteiger partial charge in [-0.15, -0.1) is 0 Å². The first-order valence-electron chi connectivity index (χ1n) is 8.11. The summed E-state index contributed by atoms with van der Waals surface area (Å²) in [5, 5.41) is 11.3. The first kappa shape index (κ1) is 20.0. The smallest absolute Gasteiger partial charge is 0.312 e. The van der Waals surface area contributed by atoms with Crippen LogP contribution in [-0.4, -0.2) is 32.2 Å². The van der Waals surface area contributed by atoms with Crippen molar-refractivity contribution >= 4 is 11.7 Å². The Balaban J connectivity index is 2.18. The zero-order chi connectivity index (χ0) is 20.0. The van der Waals surface area contributed by atoms with E-state index in [-0.39, 0.29) is 24.0 Å². The van der Waals surface area contributed by atoms with Crippen molar-refractivity contribution in [3.63, 3.8) is 0 Å². The Hall–Kier alpha value is -3.29. The number of nitro groups is 1. The Labute approximate surface area is 156 Å². The molecule has 0 aliphatic heterocycles. The van der Waals surface area contributed by atoms with Crippen LogP contribution in [0.3, 0.4) is 0 Å². The van der Waals surface area contributed by atoms with Crippen LogP contribution in [0, 0.1) is 10.1 Å². The molecule has 0 aliphatic carbocycles. The molecule has 0 bridgehead atoms. The van der Waals surface area contributed by atoms with Crippen molar-refractivity contribution in [3.8, 4) is 17.2 Å². The van der Waals surface area contributed by atoms with Gasteiger partial charge >= 0.3 is 5.97 Å². The summed E-state index contributed by atoms with van der Waals surface area (Å²) in [6.07, 6.45) is 0. The van der Waals surface area contributed by atoms with E-state index in [2.05, 4.69) is 0 Å². The monoisotopic (exact) mass is 375 g/mol. The number of nitro benzene ring substituents is 1. The molecule has 27 heavy (non-hydrogen) atoms. The summed E-state index contributed by atoms with van der Waals surface area (Å²) in [6, 6.07) is 9.71. The molecule has 0 saturated heterocycles. The highest BCUT2D eigenvalue weighted by Gasteiger charge is 2.20. The van der Waals surface area contributed by atoms with Gasteiger partial charge in [0.25, 0.3) is 5.69 Å². The van der Waals surface area contributed by atoms with E-state index >= 15 is 0 Å². The molecule has 0 aliphatic rings. The van der Waals surface area contributed by atoms with Gasteiger partial charge in [0.1, 0.15) is 12.4 Å². The molecule has 1 atom stereocenters. The van der Waals surface area contributed by atoms with Gasteiger partial charge in [-0.25, -0.2) is 0 Å². The minimum Gasteiger partial charge on any atom is -0.493 e. The number of methoxy groups -OCH3 is 3. The Morgan fingerprint density at radius 1 is 1.07 bits per heavy atom. The maximum atomic E-state index is 11.6. The van der Waals surface area contributed by atoms with Crippen LogP contribution < -0.4 is 14.2 Å². The fourth-order valence-electron chi connectivity index (χ4n) is 2.52. The first-order chi connectivity index (χ1) is 12.9. The Morgan fingerprint density at radius 3 is 2.19 bits per heavy atom. The molecule has 0 spiro atoms. The minimum absolute atomic E-state index is 0.0252. The van der Waals surface area contributed by atoms with Crippen molar-refractivity contribution in [2.75, 3.05) is 21.3 Å². The maximum Gasteiger partial charge on any atom is 0.312 e. The van der Waals surface area contributed by atoms with E-state index in [4.69, 9.17) is 18.9 Å². The molecule has 2 aromatic carbocycles. The third kappa shape index (κ3) is 4.66. The number of hydrogen-bond donors (Lipinski definition) is 0. The van der Waals surface area contributed by atoms with Crippen LogP contribution in [0.2, 0.25) is 0 Å². The molecule has 0 radical (unpaired) electrons. The van der Waals surface area contributed by atoms with Crippen molar-refractivity contribution in [1.82, 2.24) is 0 Å². The van der Waals surface area contributed by atoms with Gasteiger partial charge in [-0.2, -0.15) is 0 Å². The molecule has 2 rings (SSSR count). The third-order valence-electron chi connectivity index (χ3n) is 4.11. The molecule has 0 aromatic heterocycles. The number of benzene rings is 2. The number of ether oxygens (including phenoxy) is 4.